The van der Waals surface area contributed by atoms with Gasteiger partial charge >= 0.3 is 0 Å². The first-order valence-electron chi connectivity index (χ1n) is 2.73. The van der Waals surface area contributed by atoms with E-state index in [2.05, 4.69) is 30.8 Å². The molecule has 1 nitrogen and oxygen atoms in total. The third-order valence-corrected chi connectivity index (χ3v) is 0.948. The molecule has 0 aliphatic rings. The van der Waals surface area contributed by atoms with Crippen molar-refractivity contribution in [3.8, 4) is 0 Å². The van der Waals surface area contributed by atoms with Gasteiger partial charge in [0.1, 0.15) is 0 Å². The maximum Gasteiger partial charge on any atom is 0.0477 e. The summed E-state index contributed by atoms with van der Waals surface area (Å²) in [5.41, 5.74) is 0.844. The Kier molecular flexibility index (Phi) is 5.32. The lowest BCUT2D eigenvalue weighted by atomic mass is 10.3. The Bertz CT molecular complexity index is 127. The van der Waals surface area contributed by atoms with Crippen LogP contribution >= 0.6 is 12.6 Å². The highest BCUT2D eigenvalue weighted by Crippen LogP contribution is 1.84. The van der Waals surface area contributed by atoms with Crippen molar-refractivity contribution in [2.45, 2.75) is 0 Å². The summed E-state index contributed by atoms with van der Waals surface area (Å²) in [4.78, 5) is 3.99. The van der Waals surface area contributed by atoms with E-state index in [-0.39, 0.29) is 0 Å². The van der Waals surface area contributed by atoms with Gasteiger partial charge in [0.05, 0.1) is 0 Å². The topological polar surface area (TPSA) is 12.4 Å². The van der Waals surface area contributed by atoms with E-state index in [0.29, 0.717) is 0 Å². The van der Waals surface area contributed by atoms with E-state index in [1.54, 1.807) is 12.3 Å². The monoisotopic (exact) mass is 141 g/mol. The molecule has 0 aromatic heterocycles. The zero-order valence-corrected chi connectivity index (χ0v) is 6.27. The molecular formula is C7H11NS. The minimum atomic E-state index is 0.746. The summed E-state index contributed by atoms with van der Waals surface area (Å²) >= 11 is 3.98. The van der Waals surface area contributed by atoms with Crippen LogP contribution in [0, 0.1) is 0 Å². The van der Waals surface area contributed by atoms with Gasteiger partial charge in [-0.2, -0.15) is 12.6 Å². The van der Waals surface area contributed by atoms with Crippen LogP contribution in [0.15, 0.2) is 29.8 Å². The SMILES string of the molecule is C=CC(=C)C=NCCS. The summed E-state index contributed by atoms with van der Waals surface area (Å²) in [5, 5.41) is 0. The molecule has 0 aliphatic heterocycles. The van der Waals surface area contributed by atoms with Gasteiger partial charge in [0.2, 0.25) is 0 Å². The Morgan fingerprint density at radius 2 is 2.33 bits per heavy atom. The van der Waals surface area contributed by atoms with Gasteiger partial charge in [-0.25, -0.2) is 0 Å². The van der Waals surface area contributed by atoms with Crippen LogP contribution in [0.4, 0.5) is 0 Å². The number of allylic oxidation sites excluding steroid dienone is 2. The fourth-order valence-corrected chi connectivity index (χ4v) is 0.408. The average molecular weight is 141 g/mol. The molecule has 2 heteroatoms. The molecule has 50 valence electrons. The lowest BCUT2D eigenvalue weighted by Gasteiger charge is -1.85. The molecule has 0 N–H and O–H groups in total. The number of thiol groups is 1. The van der Waals surface area contributed by atoms with Crippen molar-refractivity contribution >= 4 is 18.8 Å². The molecule has 0 unspecified atom stereocenters. The summed E-state index contributed by atoms with van der Waals surface area (Å²) < 4.78 is 0. The second-order valence-electron chi connectivity index (χ2n) is 1.54. The Balaban J connectivity index is 3.44. The van der Waals surface area contributed by atoms with Crippen LogP contribution in [0.3, 0.4) is 0 Å². The summed E-state index contributed by atoms with van der Waals surface area (Å²) in [5.74, 6) is 0.779. The van der Waals surface area contributed by atoms with Gasteiger partial charge in [-0.1, -0.05) is 19.2 Å². The maximum atomic E-state index is 3.99. The fraction of sp³-hybridized carbons (Fsp3) is 0.286. The average Bonchev–Trinajstić information content (AvgIpc) is 1.89. The van der Waals surface area contributed by atoms with Crippen molar-refractivity contribution in [1.29, 1.82) is 0 Å². The normalized spacial score (nSPS) is 9.89. The van der Waals surface area contributed by atoms with Crippen molar-refractivity contribution in [2.24, 2.45) is 4.99 Å². The number of nitrogens with zero attached hydrogens (tertiary/aromatic N) is 1. The minimum Gasteiger partial charge on any atom is -0.292 e. The van der Waals surface area contributed by atoms with Gasteiger partial charge in [-0.15, -0.1) is 0 Å². The number of rotatable bonds is 4. The number of aliphatic imine (C=N–C) groups is 1. The summed E-state index contributed by atoms with van der Waals surface area (Å²) in [6, 6.07) is 0. The van der Waals surface area contributed by atoms with Crippen molar-refractivity contribution in [3.63, 3.8) is 0 Å². The molecule has 0 aliphatic carbocycles. The first-order chi connectivity index (χ1) is 4.31. The highest BCUT2D eigenvalue weighted by atomic mass is 32.1. The van der Waals surface area contributed by atoms with Gasteiger partial charge in [0, 0.05) is 18.5 Å². The molecule has 0 saturated carbocycles. The first-order valence-corrected chi connectivity index (χ1v) is 3.36. The summed E-state index contributed by atoms with van der Waals surface area (Å²) in [7, 11) is 0. The third kappa shape index (κ3) is 5.37. The minimum absolute atomic E-state index is 0.746. The predicted molar refractivity (Wildman–Crippen MR) is 46.5 cm³/mol. The molecule has 0 fully saturated rings. The van der Waals surface area contributed by atoms with E-state index in [1.165, 1.54) is 0 Å². The predicted octanol–water partition coefficient (Wildman–Crippen LogP) is 1.73. The lowest BCUT2D eigenvalue weighted by molar-refractivity contribution is 1.16. The summed E-state index contributed by atoms with van der Waals surface area (Å²) in [6.45, 7) is 7.93. The molecule has 0 atom stereocenters. The van der Waals surface area contributed by atoms with E-state index >= 15 is 0 Å². The highest BCUT2D eigenvalue weighted by molar-refractivity contribution is 7.80. The van der Waals surface area contributed by atoms with Crippen molar-refractivity contribution in [1.82, 2.24) is 0 Å². The molecule has 0 rings (SSSR count). The van der Waals surface area contributed by atoms with Crippen LogP contribution < -0.4 is 0 Å². The Morgan fingerprint density at radius 3 is 2.78 bits per heavy atom. The quantitative estimate of drug-likeness (QED) is 0.348. The molecule has 0 bridgehead atoms. The van der Waals surface area contributed by atoms with Gasteiger partial charge in [-0.05, 0) is 5.57 Å². The van der Waals surface area contributed by atoms with Crippen LogP contribution in [0.25, 0.3) is 0 Å². The lowest BCUT2D eigenvalue weighted by Crippen LogP contribution is -1.82. The molecule has 0 aromatic rings. The van der Waals surface area contributed by atoms with E-state index in [1.807, 2.05) is 0 Å². The smallest absolute Gasteiger partial charge is 0.0477 e. The van der Waals surface area contributed by atoms with Crippen LogP contribution in [0.1, 0.15) is 0 Å². The highest BCUT2D eigenvalue weighted by Gasteiger charge is 1.76. The Hall–Kier alpha value is -0.500. The van der Waals surface area contributed by atoms with Gasteiger partial charge in [0.15, 0.2) is 0 Å². The van der Waals surface area contributed by atoms with Crippen molar-refractivity contribution < 1.29 is 0 Å². The molecular weight excluding hydrogens is 130 g/mol. The third-order valence-electron chi connectivity index (χ3n) is 0.748. The van der Waals surface area contributed by atoms with Gasteiger partial charge in [0.25, 0.3) is 0 Å². The molecule has 0 spiro atoms. The first kappa shape index (κ1) is 8.50. The fourth-order valence-electron chi connectivity index (χ4n) is 0.292. The van der Waals surface area contributed by atoms with E-state index in [9.17, 15) is 0 Å². The molecule has 0 heterocycles. The van der Waals surface area contributed by atoms with Crippen molar-refractivity contribution in [2.75, 3.05) is 12.3 Å². The van der Waals surface area contributed by atoms with Crippen LogP contribution in [0.2, 0.25) is 0 Å². The molecule has 0 aromatic carbocycles. The van der Waals surface area contributed by atoms with E-state index in [0.717, 1.165) is 17.9 Å². The number of hydrogen-bond acceptors (Lipinski definition) is 2. The van der Waals surface area contributed by atoms with E-state index in [4.69, 9.17) is 0 Å². The maximum absolute atomic E-state index is 3.99. The molecule has 9 heavy (non-hydrogen) atoms. The Labute approximate surface area is 61.6 Å². The van der Waals surface area contributed by atoms with E-state index < -0.39 is 0 Å². The Morgan fingerprint density at radius 1 is 1.67 bits per heavy atom. The van der Waals surface area contributed by atoms with Gasteiger partial charge in [-0.3, -0.25) is 4.99 Å². The molecule has 0 radical (unpaired) electrons. The van der Waals surface area contributed by atoms with Crippen LogP contribution in [-0.2, 0) is 0 Å². The zero-order chi connectivity index (χ0) is 7.11. The van der Waals surface area contributed by atoms with Crippen molar-refractivity contribution in [3.05, 3.63) is 24.8 Å². The second kappa shape index (κ2) is 5.63. The zero-order valence-electron chi connectivity index (χ0n) is 5.38. The standard InChI is InChI=1S/C7H11NS/c1-3-7(2)6-8-4-5-9/h3,6,9H,1-2,4-5H2. The number of hydrogen-bond donors (Lipinski definition) is 1. The molecule has 0 saturated heterocycles. The largest absolute Gasteiger partial charge is 0.292 e. The van der Waals surface area contributed by atoms with Crippen LogP contribution in [0.5, 0.6) is 0 Å². The second-order valence-corrected chi connectivity index (χ2v) is 1.99. The van der Waals surface area contributed by atoms with Crippen LogP contribution in [-0.4, -0.2) is 18.5 Å². The van der Waals surface area contributed by atoms with Gasteiger partial charge < -0.3 is 0 Å². The summed E-state index contributed by atoms with van der Waals surface area (Å²) in [6.07, 6.45) is 3.37. The molecule has 0 amide bonds.